The zero-order valence-electron chi connectivity index (χ0n) is 11.9. The molecule has 1 aliphatic heterocycles. The van der Waals surface area contributed by atoms with Crippen LogP contribution in [0.15, 0.2) is 27.2 Å². The molecule has 114 valence electrons. The molecular weight excluding hydrogens is 372 g/mol. The Morgan fingerprint density at radius 2 is 2.24 bits per heavy atom. The van der Waals surface area contributed by atoms with Gasteiger partial charge in [-0.3, -0.25) is 0 Å². The maximum absolute atomic E-state index is 12.4. The molecule has 1 aromatic heterocycles. The number of nitrogens with one attached hydrogen (secondary N) is 2. The van der Waals surface area contributed by atoms with E-state index in [9.17, 15) is 4.79 Å². The lowest BCUT2D eigenvalue weighted by molar-refractivity contribution is -0.139. The zero-order valence-corrected chi connectivity index (χ0v) is 15.1. The highest BCUT2D eigenvalue weighted by molar-refractivity contribution is 9.11. The third kappa shape index (κ3) is 3.84. The van der Waals surface area contributed by atoms with Crippen molar-refractivity contribution in [2.24, 2.45) is 0 Å². The molecule has 4 nitrogen and oxygen atoms in total. The summed E-state index contributed by atoms with van der Waals surface area (Å²) in [6, 6.07) is 3.70. The van der Waals surface area contributed by atoms with Gasteiger partial charge in [0.1, 0.15) is 0 Å². The summed E-state index contributed by atoms with van der Waals surface area (Å²) in [5, 5.41) is 6.82. The fourth-order valence-corrected chi connectivity index (χ4v) is 3.94. The lowest BCUT2D eigenvalue weighted by Gasteiger charge is -2.30. The van der Waals surface area contributed by atoms with Crippen molar-refractivity contribution in [2.45, 2.75) is 32.7 Å². The number of thiocarbonyl (C=S) groups is 1. The Balaban J connectivity index is 2.45. The van der Waals surface area contributed by atoms with E-state index in [1.54, 1.807) is 11.3 Å². The number of allylic oxidation sites excluding steroid dienone is 1. The number of ether oxygens (including phenoxy) is 1. The Kier molecular flexibility index (Phi) is 5.78. The summed E-state index contributed by atoms with van der Waals surface area (Å²) in [5.41, 5.74) is 1.48. The largest absolute Gasteiger partial charge is 0.463 e. The van der Waals surface area contributed by atoms with Crippen molar-refractivity contribution < 1.29 is 9.53 Å². The van der Waals surface area contributed by atoms with Crippen molar-refractivity contribution >= 4 is 50.6 Å². The Morgan fingerprint density at radius 3 is 2.81 bits per heavy atom. The van der Waals surface area contributed by atoms with E-state index in [1.807, 2.05) is 19.1 Å². The number of thiophene rings is 1. The van der Waals surface area contributed by atoms with E-state index in [1.165, 1.54) is 0 Å². The van der Waals surface area contributed by atoms with Crippen LogP contribution in [0.25, 0.3) is 0 Å². The molecule has 21 heavy (non-hydrogen) atoms. The van der Waals surface area contributed by atoms with Gasteiger partial charge in [0.2, 0.25) is 0 Å². The summed E-state index contributed by atoms with van der Waals surface area (Å²) < 4.78 is 6.24. The molecule has 0 fully saturated rings. The van der Waals surface area contributed by atoms with E-state index >= 15 is 0 Å². The Hall–Kier alpha value is -0.920. The van der Waals surface area contributed by atoms with E-state index in [4.69, 9.17) is 17.0 Å². The van der Waals surface area contributed by atoms with Crippen LogP contribution in [0.3, 0.4) is 0 Å². The summed E-state index contributed by atoms with van der Waals surface area (Å²) >= 11 is 10.3. The van der Waals surface area contributed by atoms with Crippen molar-refractivity contribution in [3.63, 3.8) is 0 Å². The van der Waals surface area contributed by atoms with Gasteiger partial charge in [-0.1, -0.05) is 13.3 Å². The highest BCUT2D eigenvalue weighted by Gasteiger charge is 2.32. The molecule has 0 amide bonds. The number of halogens is 1. The first-order chi connectivity index (χ1) is 10.1. The molecule has 0 aliphatic carbocycles. The summed E-state index contributed by atoms with van der Waals surface area (Å²) in [4.78, 5) is 13.4. The first-order valence-corrected chi connectivity index (χ1v) is 8.81. The molecule has 2 heterocycles. The SMILES string of the molecule is CCCC1=C(C(=O)OCC)C(c2ccc(Br)s2)NC(=S)N1. The third-order valence-corrected chi connectivity index (χ3v) is 4.94. The number of carbonyl (C=O) groups is 1. The van der Waals surface area contributed by atoms with Crippen molar-refractivity contribution in [1.82, 2.24) is 10.6 Å². The number of carbonyl (C=O) groups excluding carboxylic acids is 1. The van der Waals surface area contributed by atoms with E-state index in [0.717, 1.165) is 27.2 Å². The number of hydrogen-bond donors (Lipinski definition) is 2. The van der Waals surface area contributed by atoms with Crippen LogP contribution in [0.4, 0.5) is 0 Å². The molecule has 1 aliphatic rings. The highest BCUT2D eigenvalue weighted by Crippen LogP contribution is 2.35. The molecule has 0 spiro atoms. The van der Waals surface area contributed by atoms with Gasteiger partial charge in [0.05, 0.1) is 22.0 Å². The highest BCUT2D eigenvalue weighted by atomic mass is 79.9. The molecule has 1 aromatic rings. The quantitative estimate of drug-likeness (QED) is 0.595. The molecule has 1 atom stereocenters. The van der Waals surface area contributed by atoms with Crippen molar-refractivity contribution in [3.05, 3.63) is 32.1 Å². The number of rotatable bonds is 5. The fraction of sp³-hybridized carbons (Fsp3) is 0.429. The molecule has 2 rings (SSSR count). The van der Waals surface area contributed by atoms with E-state index in [2.05, 4.69) is 33.5 Å². The van der Waals surface area contributed by atoms with Gasteiger partial charge >= 0.3 is 5.97 Å². The third-order valence-electron chi connectivity index (χ3n) is 3.03. The van der Waals surface area contributed by atoms with Gasteiger partial charge < -0.3 is 15.4 Å². The Labute approximate surface area is 142 Å². The monoisotopic (exact) mass is 388 g/mol. The summed E-state index contributed by atoms with van der Waals surface area (Å²) in [6.07, 6.45) is 1.69. The van der Waals surface area contributed by atoms with Crippen LogP contribution in [0, 0.1) is 0 Å². The molecule has 2 N–H and O–H groups in total. The second kappa shape index (κ2) is 7.38. The molecule has 0 saturated carbocycles. The number of hydrogen-bond acceptors (Lipinski definition) is 4. The lowest BCUT2D eigenvalue weighted by atomic mass is 9.99. The Bertz CT molecular complexity index is 583. The van der Waals surface area contributed by atoms with Crippen molar-refractivity contribution in [3.8, 4) is 0 Å². The van der Waals surface area contributed by atoms with Crippen LogP contribution in [0.1, 0.15) is 37.6 Å². The zero-order chi connectivity index (χ0) is 15.4. The standard InChI is InChI=1S/C14H17BrN2O2S2/c1-3-5-8-11(13(18)19-4-2)12(17-14(20)16-8)9-6-7-10(15)21-9/h6-7,12H,3-5H2,1-2H3,(H2,16,17,20). The van der Waals surface area contributed by atoms with E-state index in [-0.39, 0.29) is 12.0 Å². The van der Waals surface area contributed by atoms with Gasteiger partial charge in [-0.15, -0.1) is 11.3 Å². The van der Waals surface area contributed by atoms with E-state index in [0.29, 0.717) is 17.3 Å². The van der Waals surface area contributed by atoms with Crippen LogP contribution in [0.5, 0.6) is 0 Å². The predicted molar refractivity (Wildman–Crippen MR) is 92.2 cm³/mol. The molecule has 0 aromatic carbocycles. The van der Waals surface area contributed by atoms with Gasteiger partial charge in [0.25, 0.3) is 0 Å². The minimum atomic E-state index is -0.294. The fourth-order valence-electron chi connectivity index (χ4n) is 2.21. The smallest absolute Gasteiger partial charge is 0.338 e. The molecule has 0 saturated heterocycles. The Morgan fingerprint density at radius 1 is 1.48 bits per heavy atom. The molecule has 0 bridgehead atoms. The predicted octanol–water partition coefficient (Wildman–Crippen LogP) is 3.65. The maximum Gasteiger partial charge on any atom is 0.338 e. The van der Waals surface area contributed by atoms with Gasteiger partial charge in [-0.05, 0) is 53.6 Å². The minimum absolute atomic E-state index is 0.254. The topological polar surface area (TPSA) is 50.4 Å². The average Bonchev–Trinajstić information content (AvgIpc) is 2.85. The number of esters is 1. The van der Waals surface area contributed by atoms with Crippen LogP contribution >= 0.6 is 39.5 Å². The van der Waals surface area contributed by atoms with Gasteiger partial charge in [0.15, 0.2) is 5.11 Å². The molecule has 1 unspecified atom stereocenters. The average molecular weight is 389 g/mol. The van der Waals surface area contributed by atoms with Crippen LogP contribution in [0.2, 0.25) is 0 Å². The second-order valence-corrected chi connectivity index (χ2v) is 7.44. The molecule has 7 heteroatoms. The van der Waals surface area contributed by atoms with Crippen LogP contribution < -0.4 is 10.6 Å². The normalized spacial score (nSPS) is 18.2. The lowest BCUT2D eigenvalue weighted by Crippen LogP contribution is -2.45. The molecule has 0 radical (unpaired) electrons. The first-order valence-electron chi connectivity index (χ1n) is 6.79. The second-order valence-electron chi connectivity index (χ2n) is 4.54. The summed E-state index contributed by atoms with van der Waals surface area (Å²) in [7, 11) is 0. The van der Waals surface area contributed by atoms with Crippen LogP contribution in [-0.4, -0.2) is 17.7 Å². The van der Waals surface area contributed by atoms with Gasteiger partial charge in [-0.2, -0.15) is 0 Å². The first kappa shape index (κ1) is 16.5. The summed E-state index contributed by atoms with van der Waals surface area (Å²) in [5.74, 6) is -0.294. The van der Waals surface area contributed by atoms with Crippen molar-refractivity contribution in [1.29, 1.82) is 0 Å². The van der Waals surface area contributed by atoms with Crippen LogP contribution in [-0.2, 0) is 9.53 Å². The van der Waals surface area contributed by atoms with Gasteiger partial charge in [0, 0.05) is 10.6 Å². The maximum atomic E-state index is 12.4. The summed E-state index contributed by atoms with van der Waals surface area (Å²) in [6.45, 7) is 4.23. The van der Waals surface area contributed by atoms with Gasteiger partial charge in [-0.25, -0.2) is 4.79 Å². The van der Waals surface area contributed by atoms with Crippen molar-refractivity contribution in [2.75, 3.05) is 6.61 Å². The minimum Gasteiger partial charge on any atom is -0.463 e. The molecular formula is C14H17BrN2O2S2. The van der Waals surface area contributed by atoms with E-state index < -0.39 is 0 Å².